The molecule has 0 amide bonds. The number of hydrogen-bond acceptors (Lipinski definition) is 6. The summed E-state index contributed by atoms with van der Waals surface area (Å²) in [7, 11) is 0. The third-order valence-corrected chi connectivity index (χ3v) is 6.17. The molecule has 1 aliphatic rings. The highest BCUT2D eigenvalue weighted by atomic mass is 32.1. The zero-order valence-electron chi connectivity index (χ0n) is 16.8. The van der Waals surface area contributed by atoms with E-state index in [2.05, 4.69) is 61.2 Å². The molecule has 0 aliphatic carbocycles. The molecule has 4 heterocycles. The molecular weight excluding hydrogens is 356 g/mol. The zero-order valence-corrected chi connectivity index (χ0v) is 17.6. The molecule has 0 spiro atoms. The number of rotatable bonds is 3. The quantitative estimate of drug-likeness (QED) is 0.670. The Morgan fingerprint density at radius 1 is 1.19 bits per heavy atom. The monoisotopic (exact) mass is 384 g/mol. The molecule has 27 heavy (non-hydrogen) atoms. The Bertz CT molecular complexity index is 935. The molecule has 0 N–H and O–H groups in total. The van der Waals surface area contributed by atoms with E-state index in [1.807, 2.05) is 21.9 Å². The minimum absolute atomic E-state index is 0.0936. The zero-order chi connectivity index (χ0) is 19.2. The van der Waals surface area contributed by atoms with E-state index < -0.39 is 0 Å². The molecule has 0 bridgehead atoms. The molecule has 1 aliphatic heterocycles. The summed E-state index contributed by atoms with van der Waals surface area (Å²) in [6.07, 6.45) is 2.36. The molecule has 144 valence electrons. The topological polar surface area (TPSA) is 59.2 Å². The third-order valence-electron chi connectivity index (χ3n) is 5.15. The maximum atomic E-state index is 4.90. The van der Waals surface area contributed by atoms with Crippen LogP contribution in [0.4, 0.5) is 5.82 Å². The Morgan fingerprint density at radius 3 is 2.70 bits per heavy atom. The predicted octanol–water partition coefficient (Wildman–Crippen LogP) is 4.39. The first kappa shape index (κ1) is 18.3. The van der Waals surface area contributed by atoms with Crippen LogP contribution in [0.15, 0.2) is 17.5 Å². The van der Waals surface area contributed by atoms with Crippen LogP contribution in [0, 0.1) is 0 Å². The van der Waals surface area contributed by atoms with Gasteiger partial charge in [-0.3, -0.25) is 0 Å². The van der Waals surface area contributed by atoms with Crippen molar-refractivity contribution in [2.45, 2.75) is 64.7 Å². The fraction of sp³-hybridized carbons (Fsp3) is 0.600. The average molecular weight is 385 g/mol. The van der Waals surface area contributed by atoms with Crippen molar-refractivity contribution in [3.8, 4) is 0 Å². The van der Waals surface area contributed by atoms with Crippen molar-refractivity contribution in [2.75, 3.05) is 18.0 Å². The van der Waals surface area contributed by atoms with E-state index in [0.29, 0.717) is 11.8 Å². The van der Waals surface area contributed by atoms with Gasteiger partial charge in [-0.1, -0.05) is 34.6 Å². The molecule has 7 heteroatoms. The van der Waals surface area contributed by atoms with Gasteiger partial charge in [0.15, 0.2) is 11.5 Å². The average Bonchev–Trinajstić information content (AvgIpc) is 3.28. The standard InChI is InChI=1S/C20H28N6S/c1-13(2)15-12-27-18(21-15)14-7-6-10-25(11-14)17-9-8-16-22-23-19(20(3,4)5)26(16)24-17/h8-9,12-14H,6-7,10-11H2,1-5H3. The van der Waals surface area contributed by atoms with Gasteiger partial charge in [0.2, 0.25) is 0 Å². The van der Waals surface area contributed by atoms with Crippen molar-refractivity contribution < 1.29 is 0 Å². The summed E-state index contributed by atoms with van der Waals surface area (Å²) in [5.74, 6) is 2.87. The van der Waals surface area contributed by atoms with Crippen LogP contribution in [0.2, 0.25) is 0 Å². The van der Waals surface area contributed by atoms with E-state index in [4.69, 9.17) is 10.1 Å². The molecule has 1 unspecified atom stereocenters. The Balaban J connectivity index is 1.60. The lowest BCUT2D eigenvalue weighted by atomic mass is 9.96. The summed E-state index contributed by atoms with van der Waals surface area (Å²) in [6, 6.07) is 4.09. The molecule has 1 atom stereocenters. The van der Waals surface area contributed by atoms with Crippen LogP contribution in [0.25, 0.3) is 5.65 Å². The van der Waals surface area contributed by atoms with E-state index in [1.54, 1.807) is 0 Å². The minimum Gasteiger partial charge on any atom is -0.354 e. The van der Waals surface area contributed by atoms with E-state index >= 15 is 0 Å². The smallest absolute Gasteiger partial charge is 0.178 e. The van der Waals surface area contributed by atoms with Crippen molar-refractivity contribution in [3.05, 3.63) is 34.0 Å². The normalized spacial score (nSPS) is 18.6. The van der Waals surface area contributed by atoms with Crippen LogP contribution >= 0.6 is 11.3 Å². The van der Waals surface area contributed by atoms with E-state index in [0.717, 1.165) is 36.8 Å². The number of nitrogens with zero attached hydrogens (tertiary/aromatic N) is 6. The lowest BCUT2D eigenvalue weighted by Crippen LogP contribution is -2.35. The van der Waals surface area contributed by atoms with Crippen molar-refractivity contribution in [2.24, 2.45) is 0 Å². The van der Waals surface area contributed by atoms with Gasteiger partial charge in [0.25, 0.3) is 0 Å². The second-order valence-electron chi connectivity index (χ2n) is 8.79. The molecule has 0 saturated carbocycles. The van der Waals surface area contributed by atoms with Gasteiger partial charge in [0.05, 0.1) is 10.7 Å². The summed E-state index contributed by atoms with van der Waals surface area (Å²) in [5.41, 5.74) is 1.92. The van der Waals surface area contributed by atoms with Crippen LogP contribution in [-0.4, -0.2) is 37.9 Å². The number of anilines is 1. The highest BCUT2D eigenvalue weighted by Gasteiger charge is 2.26. The van der Waals surface area contributed by atoms with Gasteiger partial charge in [-0.15, -0.1) is 26.6 Å². The van der Waals surface area contributed by atoms with Gasteiger partial charge >= 0.3 is 0 Å². The molecule has 4 rings (SSSR count). The molecular formula is C20H28N6S. The first-order valence-corrected chi connectivity index (χ1v) is 10.6. The van der Waals surface area contributed by atoms with Crippen LogP contribution in [-0.2, 0) is 5.41 Å². The largest absolute Gasteiger partial charge is 0.354 e. The van der Waals surface area contributed by atoms with Crippen molar-refractivity contribution >= 4 is 22.8 Å². The van der Waals surface area contributed by atoms with Gasteiger partial charge in [-0.25, -0.2) is 4.98 Å². The van der Waals surface area contributed by atoms with E-state index in [1.165, 1.54) is 17.1 Å². The third kappa shape index (κ3) is 3.57. The summed E-state index contributed by atoms with van der Waals surface area (Å²) >= 11 is 1.81. The summed E-state index contributed by atoms with van der Waals surface area (Å²) in [5, 5.41) is 17.0. The maximum Gasteiger partial charge on any atom is 0.178 e. The van der Waals surface area contributed by atoms with Crippen LogP contribution < -0.4 is 4.90 Å². The number of thiazole rings is 1. The first-order chi connectivity index (χ1) is 12.8. The second-order valence-corrected chi connectivity index (χ2v) is 9.68. The fourth-order valence-electron chi connectivity index (χ4n) is 3.56. The fourth-order valence-corrected chi connectivity index (χ4v) is 4.67. The van der Waals surface area contributed by atoms with E-state index in [9.17, 15) is 0 Å². The number of fused-ring (bicyclic) bond motifs is 1. The van der Waals surface area contributed by atoms with Gasteiger partial charge in [-0.05, 0) is 30.9 Å². The van der Waals surface area contributed by atoms with Crippen LogP contribution in [0.3, 0.4) is 0 Å². The molecule has 1 fully saturated rings. The van der Waals surface area contributed by atoms with Crippen molar-refractivity contribution in [3.63, 3.8) is 0 Å². The molecule has 3 aromatic rings. The van der Waals surface area contributed by atoms with Crippen molar-refractivity contribution in [1.29, 1.82) is 0 Å². The maximum absolute atomic E-state index is 4.90. The Morgan fingerprint density at radius 2 is 2.00 bits per heavy atom. The Labute approximate surface area is 164 Å². The highest BCUT2D eigenvalue weighted by Crippen LogP contribution is 2.32. The van der Waals surface area contributed by atoms with Crippen LogP contribution in [0.5, 0.6) is 0 Å². The van der Waals surface area contributed by atoms with Gasteiger partial charge in [0, 0.05) is 29.8 Å². The molecule has 3 aromatic heterocycles. The summed E-state index contributed by atoms with van der Waals surface area (Å²) in [4.78, 5) is 7.28. The summed E-state index contributed by atoms with van der Waals surface area (Å²) in [6.45, 7) is 12.8. The summed E-state index contributed by atoms with van der Waals surface area (Å²) < 4.78 is 1.90. The lowest BCUT2D eigenvalue weighted by molar-refractivity contribution is 0.498. The number of aromatic nitrogens is 5. The van der Waals surface area contributed by atoms with E-state index in [-0.39, 0.29) is 5.41 Å². The molecule has 0 radical (unpaired) electrons. The number of hydrogen-bond donors (Lipinski definition) is 0. The van der Waals surface area contributed by atoms with Crippen LogP contribution in [0.1, 0.15) is 75.8 Å². The predicted molar refractivity (Wildman–Crippen MR) is 110 cm³/mol. The molecule has 6 nitrogen and oxygen atoms in total. The second kappa shape index (κ2) is 6.86. The van der Waals surface area contributed by atoms with Gasteiger partial charge < -0.3 is 4.90 Å². The number of piperidine rings is 1. The van der Waals surface area contributed by atoms with Gasteiger partial charge in [-0.2, -0.15) is 4.52 Å². The minimum atomic E-state index is -0.0936. The SMILES string of the molecule is CC(C)c1csc(C2CCCN(c3ccc4nnc(C(C)(C)C)n4n3)C2)n1. The first-order valence-electron chi connectivity index (χ1n) is 9.76. The molecule has 0 aromatic carbocycles. The van der Waals surface area contributed by atoms with Gasteiger partial charge in [0.1, 0.15) is 5.82 Å². The Kier molecular flexibility index (Phi) is 4.66. The lowest BCUT2D eigenvalue weighted by Gasteiger charge is -2.32. The van der Waals surface area contributed by atoms with Crippen molar-refractivity contribution in [1.82, 2.24) is 24.8 Å². The molecule has 1 saturated heterocycles. The highest BCUT2D eigenvalue weighted by molar-refractivity contribution is 7.09. The Hall–Kier alpha value is -2.02.